The minimum absolute atomic E-state index is 0.518. The van der Waals surface area contributed by atoms with Crippen molar-refractivity contribution in [1.82, 2.24) is 0 Å². The van der Waals surface area contributed by atoms with Gasteiger partial charge in [-0.25, -0.2) is 0 Å². The van der Waals surface area contributed by atoms with Crippen LogP contribution < -0.4 is 0 Å². The van der Waals surface area contributed by atoms with E-state index in [1.807, 2.05) is 49.4 Å². The van der Waals surface area contributed by atoms with Crippen molar-refractivity contribution in [2.75, 3.05) is 0 Å². The van der Waals surface area contributed by atoms with Gasteiger partial charge in [0.25, 0.3) is 0 Å². The number of carbonyl (C=O) groups is 1. The van der Waals surface area contributed by atoms with Crippen molar-refractivity contribution in [2.45, 2.75) is 18.8 Å². The summed E-state index contributed by atoms with van der Waals surface area (Å²) in [5.74, 6) is -0.789. The van der Waals surface area contributed by atoms with Crippen LogP contribution in [0.4, 0.5) is 0 Å². The monoisotopic (exact) mass is 214 g/mol. The third kappa shape index (κ3) is 1.56. The third-order valence-corrected chi connectivity index (χ3v) is 3.08. The largest absolute Gasteiger partial charge is 0.480 e. The van der Waals surface area contributed by atoms with E-state index in [-0.39, 0.29) is 0 Å². The molecule has 2 rings (SSSR count). The summed E-state index contributed by atoms with van der Waals surface area (Å²) in [5.41, 5.74) is 1.01. The molecule has 1 unspecified atom stereocenters. The first-order valence-corrected chi connectivity index (χ1v) is 5.31. The van der Waals surface area contributed by atoms with Crippen molar-refractivity contribution >= 4 is 5.97 Å². The van der Waals surface area contributed by atoms with Gasteiger partial charge in [0.1, 0.15) is 5.41 Å². The van der Waals surface area contributed by atoms with Gasteiger partial charge in [0.05, 0.1) is 0 Å². The molecule has 0 saturated carbocycles. The molecule has 1 aromatic carbocycles. The molecule has 2 nitrogen and oxygen atoms in total. The zero-order valence-corrected chi connectivity index (χ0v) is 9.18. The Morgan fingerprint density at radius 3 is 2.62 bits per heavy atom. The molecule has 82 valence electrons. The first kappa shape index (κ1) is 10.7. The molecule has 0 aliphatic heterocycles. The van der Waals surface area contributed by atoms with E-state index in [0.717, 1.165) is 11.1 Å². The molecule has 0 amide bonds. The molecule has 0 saturated heterocycles. The van der Waals surface area contributed by atoms with E-state index in [4.69, 9.17) is 0 Å². The van der Waals surface area contributed by atoms with Gasteiger partial charge < -0.3 is 5.11 Å². The SMILES string of the molecule is Cc1ccccc1C1(C(=O)O)C=CC=CC1. The van der Waals surface area contributed by atoms with Crippen LogP contribution in [0.1, 0.15) is 17.5 Å². The molecule has 1 aliphatic rings. The summed E-state index contributed by atoms with van der Waals surface area (Å²) < 4.78 is 0. The molecular formula is C14H14O2. The molecule has 0 aromatic heterocycles. The van der Waals surface area contributed by atoms with Crippen LogP contribution in [0.5, 0.6) is 0 Å². The molecule has 1 aromatic rings. The number of aryl methyl sites for hydroxylation is 1. The standard InChI is InChI=1S/C14H14O2/c1-11-7-3-4-8-12(11)14(13(15)16)9-5-2-6-10-14/h2-9H,10H2,1H3,(H,15,16). The molecule has 0 bridgehead atoms. The maximum atomic E-state index is 11.5. The number of carboxylic acids is 1. The van der Waals surface area contributed by atoms with Gasteiger partial charge in [0, 0.05) is 0 Å². The Morgan fingerprint density at radius 2 is 2.06 bits per heavy atom. The van der Waals surface area contributed by atoms with E-state index in [1.54, 1.807) is 6.08 Å². The maximum absolute atomic E-state index is 11.5. The molecule has 0 fully saturated rings. The zero-order valence-electron chi connectivity index (χ0n) is 9.18. The first-order chi connectivity index (χ1) is 7.67. The summed E-state index contributed by atoms with van der Waals surface area (Å²) in [5, 5.41) is 9.48. The zero-order chi connectivity index (χ0) is 11.6. The number of aliphatic carboxylic acids is 1. The predicted octanol–water partition coefficient (Wildman–Crippen LogP) is 2.83. The van der Waals surface area contributed by atoms with E-state index < -0.39 is 11.4 Å². The van der Waals surface area contributed by atoms with Crippen molar-refractivity contribution in [3.05, 3.63) is 59.7 Å². The highest BCUT2D eigenvalue weighted by Gasteiger charge is 2.38. The first-order valence-electron chi connectivity index (χ1n) is 5.31. The van der Waals surface area contributed by atoms with Gasteiger partial charge in [0.15, 0.2) is 0 Å². The molecule has 0 radical (unpaired) electrons. The van der Waals surface area contributed by atoms with E-state index in [0.29, 0.717) is 6.42 Å². The molecule has 0 heterocycles. The van der Waals surface area contributed by atoms with Crippen LogP contribution in [0.25, 0.3) is 0 Å². The smallest absolute Gasteiger partial charge is 0.318 e. The second kappa shape index (κ2) is 3.97. The van der Waals surface area contributed by atoms with Crippen LogP contribution in [-0.4, -0.2) is 11.1 Å². The number of hydrogen-bond donors (Lipinski definition) is 1. The number of allylic oxidation sites excluding steroid dienone is 3. The van der Waals surface area contributed by atoms with E-state index in [1.165, 1.54) is 0 Å². The van der Waals surface area contributed by atoms with E-state index in [2.05, 4.69) is 0 Å². The fraction of sp³-hybridized carbons (Fsp3) is 0.214. The van der Waals surface area contributed by atoms with Gasteiger partial charge in [-0.2, -0.15) is 0 Å². The summed E-state index contributed by atoms with van der Waals surface area (Å²) in [6.07, 6.45) is 7.89. The van der Waals surface area contributed by atoms with Crippen molar-refractivity contribution in [2.24, 2.45) is 0 Å². The Bertz CT molecular complexity index is 471. The van der Waals surface area contributed by atoms with Crippen LogP contribution in [-0.2, 0) is 10.2 Å². The van der Waals surface area contributed by atoms with Gasteiger partial charge in [-0.15, -0.1) is 0 Å². The maximum Gasteiger partial charge on any atom is 0.318 e. The third-order valence-electron chi connectivity index (χ3n) is 3.08. The molecule has 1 atom stereocenters. The highest BCUT2D eigenvalue weighted by molar-refractivity contribution is 5.85. The number of rotatable bonds is 2. The summed E-state index contributed by atoms with van der Waals surface area (Å²) in [4.78, 5) is 11.5. The molecule has 0 spiro atoms. The van der Waals surface area contributed by atoms with Crippen molar-refractivity contribution in [3.8, 4) is 0 Å². The summed E-state index contributed by atoms with van der Waals surface area (Å²) >= 11 is 0. The summed E-state index contributed by atoms with van der Waals surface area (Å²) in [6.45, 7) is 1.95. The highest BCUT2D eigenvalue weighted by Crippen LogP contribution is 2.34. The molecule has 1 N–H and O–H groups in total. The lowest BCUT2D eigenvalue weighted by Gasteiger charge is -2.28. The minimum Gasteiger partial charge on any atom is -0.480 e. The lowest BCUT2D eigenvalue weighted by molar-refractivity contribution is -0.141. The van der Waals surface area contributed by atoms with Crippen LogP contribution in [0.2, 0.25) is 0 Å². The normalized spacial score (nSPS) is 23.3. The predicted molar refractivity (Wildman–Crippen MR) is 63.4 cm³/mol. The quantitative estimate of drug-likeness (QED) is 0.822. The second-order valence-electron chi connectivity index (χ2n) is 4.08. The lowest BCUT2D eigenvalue weighted by Crippen LogP contribution is -2.34. The average Bonchev–Trinajstić information content (AvgIpc) is 2.30. The summed E-state index contributed by atoms with van der Waals surface area (Å²) in [7, 11) is 0. The number of hydrogen-bond acceptors (Lipinski definition) is 1. The van der Waals surface area contributed by atoms with E-state index >= 15 is 0 Å². The average molecular weight is 214 g/mol. The molecule has 1 aliphatic carbocycles. The van der Waals surface area contributed by atoms with Gasteiger partial charge >= 0.3 is 5.97 Å². The molecular weight excluding hydrogens is 200 g/mol. The lowest BCUT2D eigenvalue weighted by atomic mass is 9.74. The van der Waals surface area contributed by atoms with Gasteiger partial charge in [-0.05, 0) is 24.5 Å². The fourth-order valence-corrected chi connectivity index (χ4v) is 2.17. The van der Waals surface area contributed by atoms with E-state index in [9.17, 15) is 9.90 Å². The Kier molecular flexibility index (Phi) is 2.65. The Labute approximate surface area is 94.9 Å². The van der Waals surface area contributed by atoms with Gasteiger partial charge in [-0.1, -0.05) is 48.6 Å². The van der Waals surface area contributed by atoms with Crippen molar-refractivity contribution < 1.29 is 9.90 Å². The van der Waals surface area contributed by atoms with Crippen LogP contribution in [0.3, 0.4) is 0 Å². The van der Waals surface area contributed by atoms with Crippen molar-refractivity contribution in [3.63, 3.8) is 0 Å². The Balaban J connectivity index is 2.57. The second-order valence-corrected chi connectivity index (χ2v) is 4.08. The fourth-order valence-electron chi connectivity index (χ4n) is 2.17. The minimum atomic E-state index is -0.889. The van der Waals surface area contributed by atoms with Crippen molar-refractivity contribution in [1.29, 1.82) is 0 Å². The Hall–Kier alpha value is -1.83. The topological polar surface area (TPSA) is 37.3 Å². The van der Waals surface area contributed by atoms with Gasteiger partial charge in [0.2, 0.25) is 0 Å². The van der Waals surface area contributed by atoms with Crippen LogP contribution in [0, 0.1) is 6.92 Å². The number of benzene rings is 1. The highest BCUT2D eigenvalue weighted by atomic mass is 16.4. The van der Waals surface area contributed by atoms with Crippen LogP contribution in [0.15, 0.2) is 48.6 Å². The van der Waals surface area contributed by atoms with Gasteiger partial charge in [-0.3, -0.25) is 4.79 Å². The summed E-state index contributed by atoms with van der Waals surface area (Å²) in [6, 6.07) is 7.66. The molecule has 2 heteroatoms. The Morgan fingerprint density at radius 1 is 1.31 bits per heavy atom. The molecule has 16 heavy (non-hydrogen) atoms. The van der Waals surface area contributed by atoms with Crippen LogP contribution >= 0.6 is 0 Å². The number of carboxylic acid groups (broad SMARTS) is 1.